The van der Waals surface area contributed by atoms with E-state index in [0.29, 0.717) is 5.02 Å². The highest BCUT2D eigenvalue weighted by Crippen LogP contribution is 2.19. The Balaban J connectivity index is 2.65. The second kappa shape index (κ2) is 4.96. The molecule has 0 bridgehead atoms. The van der Waals surface area contributed by atoms with E-state index in [0.717, 1.165) is 11.8 Å². The number of hydrogen-bond acceptors (Lipinski definition) is 3. The van der Waals surface area contributed by atoms with Crippen LogP contribution < -0.4 is 0 Å². The lowest BCUT2D eigenvalue weighted by atomic mass is 10.0. The summed E-state index contributed by atoms with van der Waals surface area (Å²) in [7, 11) is -3.37. The maximum atomic E-state index is 10.8. The summed E-state index contributed by atoms with van der Waals surface area (Å²) in [6, 6.07) is 7.30. The molecule has 0 saturated heterocycles. The minimum Gasteiger partial charge on any atom is -0.270 e. The Bertz CT molecular complexity index is 428. The first-order chi connectivity index (χ1) is 6.88. The van der Waals surface area contributed by atoms with E-state index in [2.05, 4.69) is 0 Å². The summed E-state index contributed by atoms with van der Waals surface area (Å²) in [6.45, 7) is 2.02. The van der Waals surface area contributed by atoms with Gasteiger partial charge in [0.2, 0.25) is 0 Å². The molecule has 1 aromatic rings. The van der Waals surface area contributed by atoms with Crippen molar-refractivity contribution in [2.24, 2.45) is 0 Å². The maximum Gasteiger partial charge on any atom is 0.264 e. The van der Waals surface area contributed by atoms with Gasteiger partial charge in [0.25, 0.3) is 10.1 Å². The molecule has 5 heteroatoms. The predicted molar refractivity (Wildman–Crippen MR) is 60.7 cm³/mol. The average molecular weight is 249 g/mol. The predicted octanol–water partition coefficient (Wildman–Crippen LogP) is 2.42. The Hall–Kier alpha value is -0.580. The molecule has 0 N–H and O–H groups in total. The van der Waals surface area contributed by atoms with Gasteiger partial charge in [0, 0.05) is 10.9 Å². The van der Waals surface area contributed by atoms with Crippen molar-refractivity contribution in [3.63, 3.8) is 0 Å². The van der Waals surface area contributed by atoms with Crippen LogP contribution in [0.15, 0.2) is 24.3 Å². The van der Waals surface area contributed by atoms with E-state index in [1.165, 1.54) is 0 Å². The van der Waals surface area contributed by atoms with Crippen LogP contribution in [0.2, 0.25) is 5.02 Å². The second-order valence-electron chi connectivity index (χ2n) is 3.44. The van der Waals surface area contributed by atoms with E-state index in [1.54, 1.807) is 12.1 Å². The van der Waals surface area contributed by atoms with Crippen LogP contribution in [0.4, 0.5) is 0 Å². The van der Waals surface area contributed by atoms with Gasteiger partial charge in [-0.05, 0) is 17.7 Å². The molecule has 3 nitrogen and oxygen atoms in total. The van der Waals surface area contributed by atoms with Gasteiger partial charge in [-0.2, -0.15) is 8.42 Å². The lowest BCUT2D eigenvalue weighted by molar-refractivity contribution is 0.301. The zero-order valence-electron chi connectivity index (χ0n) is 8.60. The number of halogens is 1. The van der Waals surface area contributed by atoms with Crippen LogP contribution in [0, 0.1) is 0 Å². The van der Waals surface area contributed by atoms with Crippen LogP contribution >= 0.6 is 11.6 Å². The molecule has 84 valence electrons. The highest BCUT2D eigenvalue weighted by Gasteiger charge is 2.09. The van der Waals surface area contributed by atoms with E-state index >= 15 is 0 Å². The first-order valence-electron chi connectivity index (χ1n) is 4.48. The van der Waals surface area contributed by atoms with Crippen molar-refractivity contribution in [2.75, 3.05) is 12.9 Å². The summed E-state index contributed by atoms with van der Waals surface area (Å²) in [5.41, 5.74) is 0.964. The number of benzene rings is 1. The summed E-state index contributed by atoms with van der Waals surface area (Å²) >= 11 is 5.82. The molecule has 0 radical (unpaired) electrons. The molecule has 15 heavy (non-hydrogen) atoms. The summed E-state index contributed by atoms with van der Waals surface area (Å²) in [4.78, 5) is 0. The first kappa shape index (κ1) is 12.5. The molecule has 0 aliphatic rings. The topological polar surface area (TPSA) is 43.4 Å². The van der Waals surface area contributed by atoms with Crippen LogP contribution in [0.3, 0.4) is 0 Å². The van der Waals surface area contributed by atoms with E-state index < -0.39 is 10.1 Å². The molecule has 1 rings (SSSR count). The number of rotatable bonds is 4. The Morgan fingerprint density at radius 3 is 2.67 bits per heavy atom. The van der Waals surface area contributed by atoms with Gasteiger partial charge in [-0.3, -0.25) is 4.18 Å². The van der Waals surface area contributed by atoms with E-state index in [-0.39, 0.29) is 12.5 Å². The zero-order valence-corrected chi connectivity index (χ0v) is 10.2. The van der Waals surface area contributed by atoms with Gasteiger partial charge in [-0.15, -0.1) is 0 Å². The molecule has 0 heterocycles. The molecule has 0 fully saturated rings. The van der Waals surface area contributed by atoms with Gasteiger partial charge in [-0.1, -0.05) is 30.7 Å². The fourth-order valence-corrected chi connectivity index (χ4v) is 1.79. The molecular weight excluding hydrogens is 236 g/mol. The van der Waals surface area contributed by atoms with E-state index in [9.17, 15) is 8.42 Å². The number of hydrogen-bond donors (Lipinski definition) is 0. The van der Waals surface area contributed by atoms with Gasteiger partial charge in [0.05, 0.1) is 12.9 Å². The van der Waals surface area contributed by atoms with Crippen molar-refractivity contribution in [1.29, 1.82) is 0 Å². The third kappa shape index (κ3) is 4.64. The molecule has 0 aliphatic carbocycles. The molecule has 0 aliphatic heterocycles. The minimum atomic E-state index is -3.37. The van der Waals surface area contributed by atoms with Crippen LogP contribution in [0.5, 0.6) is 0 Å². The normalized spacial score (nSPS) is 13.8. The molecule has 1 aromatic carbocycles. The lowest BCUT2D eigenvalue weighted by Gasteiger charge is -2.11. The fraction of sp³-hybridized carbons (Fsp3) is 0.400. The van der Waals surface area contributed by atoms with E-state index in [4.69, 9.17) is 15.8 Å². The van der Waals surface area contributed by atoms with Gasteiger partial charge in [0.15, 0.2) is 0 Å². The van der Waals surface area contributed by atoms with Crippen molar-refractivity contribution < 1.29 is 12.6 Å². The first-order valence-corrected chi connectivity index (χ1v) is 6.68. The van der Waals surface area contributed by atoms with Crippen LogP contribution in [0.1, 0.15) is 18.4 Å². The Morgan fingerprint density at radius 1 is 1.47 bits per heavy atom. The van der Waals surface area contributed by atoms with Crippen molar-refractivity contribution in [3.8, 4) is 0 Å². The highest BCUT2D eigenvalue weighted by atomic mass is 35.5. The zero-order chi connectivity index (χ0) is 11.5. The quantitative estimate of drug-likeness (QED) is 0.769. The monoisotopic (exact) mass is 248 g/mol. The van der Waals surface area contributed by atoms with Gasteiger partial charge in [0.1, 0.15) is 0 Å². The third-order valence-electron chi connectivity index (χ3n) is 1.95. The van der Waals surface area contributed by atoms with Crippen LogP contribution in [0.25, 0.3) is 0 Å². The molecule has 0 aromatic heterocycles. The van der Waals surface area contributed by atoms with Crippen molar-refractivity contribution in [2.45, 2.75) is 12.8 Å². The smallest absolute Gasteiger partial charge is 0.264 e. The molecule has 0 amide bonds. The SMILES string of the molecule is CC(COS(C)(=O)=O)c1cccc(Cl)c1. The summed E-state index contributed by atoms with van der Waals surface area (Å²) in [6.07, 6.45) is 1.04. The summed E-state index contributed by atoms with van der Waals surface area (Å²) < 4.78 is 26.3. The van der Waals surface area contributed by atoms with Gasteiger partial charge in [-0.25, -0.2) is 0 Å². The van der Waals surface area contributed by atoms with Crippen LogP contribution in [-0.2, 0) is 14.3 Å². The lowest BCUT2D eigenvalue weighted by Crippen LogP contribution is -2.09. The van der Waals surface area contributed by atoms with Crippen molar-refractivity contribution >= 4 is 21.7 Å². The van der Waals surface area contributed by atoms with Crippen molar-refractivity contribution in [3.05, 3.63) is 34.9 Å². The van der Waals surface area contributed by atoms with Gasteiger partial charge < -0.3 is 0 Å². The van der Waals surface area contributed by atoms with Crippen LogP contribution in [-0.4, -0.2) is 21.3 Å². The molecule has 0 saturated carbocycles. The molecule has 1 unspecified atom stereocenters. The fourth-order valence-electron chi connectivity index (χ4n) is 1.14. The minimum absolute atomic E-state index is 0.00146. The average Bonchev–Trinajstić information content (AvgIpc) is 2.13. The van der Waals surface area contributed by atoms with Gasteiger partial charge >= 0.3 is 0 Å². The summed E-state index contributed by atoms with van der Waals surface area (Å²) in [5, 5.41) is 0.638. The maximum absolute atomic E-state index is 10.8. The highest BCUT2D eigenvalue weighted by molar-refractivity contribution is 7.85. The Labute approximate surface area is 95.1 Å². The van der Waals surface area contributed by atoms with E-state index in [1.807, 2.05) is 19.1 Å². The second-order valence-corrected chi connectivity index (χ2v) is 5.53. The molecule has 1 atom stereocenters. The molecular formula is C10H13ClO3S. The van der Waals surface area contributed by atoms with Crippen molar-refractivity contribution in [1.82, 2.24) is 0 Å². The Morgan fingerprint density at radius 2 is 2.13 bits per heavy atom. The largest absolute Gasteiger partial charge is 0.270 e. The standard InChI is InChI=1S/C10H13ClO3S/c1-8(7-14-15(2,12)13)9-4-3-5-10(11)6-9/h3-6,8H,7H2,1-2H3. The molecule has 0 spiro atoms. The summed E-state index contributed by atoms with van der Waals surface area (Å²) in [5.74, 6) is -0.00146. The Kier molecular flexibility index (Phi) is 4.13. The third-order valence-corrected chi connectivity index (χ3v) is 2.75.